The minimum atomic E-state index is -3.57. The lowest BCUT2D eigenvalue weighted by atomic mass is 9.85. The molecule has 1 amide bonds. The number of carbonyl (C=O) groups is 1. The zero-order valence-electron chi connectivity index (χ0n) is 20.0. The highest BCUT2D eigenvalue weighted by Gasteiger charge is 2.23. The van der Waals surface area contributed by atoms with Gasteiger partial charge in [-0.25, -0.2) is 9.35 Å². The molecule has 1 unspecified atom stereocenters. The van der Waals surface area contributed by atoms with E-state index in [1.807, 2.05) is 27.7 Å². The first kappa shape index (κ1) is 26.7. The fourth-order valence-electron chi connectivity index (χ4n) is 3.88. The Morgan fingerprint density at radius 2 is 1.70 bits per heavy atom. The van der Waals surface area contributed by atoms with Gasteiger partial charge < -0.3 is 10.2 Å². The summed E-state index contributed by atoms with van der Waals surface area (Å²) in [4.78, 5) is 13.0. The van der Waals surface area contributed by atoms with Gasteiger partial charge in [-0.3, -0.25) is 4.79 Å². The van der Waals surface area contributed by atoms with Crippen LogP contribution >= 0.6 is 0 Å². The van der Waals surface area contributed by atoms with Crippen molar-refractivity contribution in [2.24, 2.45) is 9.50 Å². The molecule has 1 atom stereocenters. The van der Waals surface area contributed by atoms with E-state index >= 15 is 0 Å². The van der Waals surface area contributed by atoms with E-state index < -0.39 is 28.0 Å². The molecule has 2 aromatic carbocycles. The standard InChI is InChI=1S/C25H33N3O4S/c1-15(2)20-9-17(13-26)10-21(16(3)4)22(20)12-24(30)28-33(27,32)19-7-8-23(25(5,6)31)18(11-19)14-29/h7-11,15-16,29,31H,12,14H2,1-6H3,(H2,27,28,30,32). The summed E-state index contributed by atoms with van der Waals surface area (Å²) in [5.41, 5.74) is 2.67. The molecule has 0 bridgehead atoms. The summed E-state index contributed by atoms with van der Waals surface area (Å²) in [6.07, 6.45) is -0.0878. The van der Waals surface area contributed by atoms with E-state index in [0.717, 1.165) is 16.7 Å². The molecule has 33 heavy (non-hydrogen) atoms. The minimum Gasteiger partial charge on any atom is -0.392 e. The smallest absolute Gasteiger partial charge is 0.259 e. The molecule has 0 aliphatic rings. The van der Waals surface area contributed by atoms with E-state index in [4.69, 9.17) is 5.14 Å². The van der Waals surface area contributed by atoms with Crippen molar-refractivity contribution in [2.75, 3.05) is 0 Å². The van der Waals surface area contributed by atoms with Gasteiger partial charge >= 0.3 is 0 Å². The van der Waals surface area contributed by atoms with Crippen molar-refractivity contribution in [3.8, 4) is 6.07 Å². The number of amides is 1. The molecule has 4 N–H and O–H groups in total. The average molecular weight is 472 g/mol. The fraction of sp³-hybridized carbons (Fsp3) is 0.440. The van der Waals surface area contributed by atoms with Gasteiger partial charge in [-0.1, -0.05) is 33.8 Å². The molecule has 0 spiro atoms. The van der Waals surface area contributed by atoms with E-state index in [1.54, 1.807) is 26.0 Å². The van der Waals surface area contributed by atoms with Crippen LogP contribution in [-0.2, 0) is 33.3 Å². The molecule has 0 fully saturated rings. The second kappa shape index (κ2) is 10.1. The van der Waals surface area contributed by atoms with Crippen molar-refractivity contribution >= 4 is 15.8 Å². The molecule has 7 nitrogen and oxygen atoms in total. The van der Waals surface area contributed by atoms with Crippen molar-refractivity contribution in [2.45, 2.75) is 76.9 Å². The normalized spacial score (nSPS) is 13.6. The second-order valence-electron chi connectivity index (χ2n) is 9.32. The number of aliphatic hydroxyl groups excluding tert-OH is 1. The van der Waals surface area contributed by atoms with Gasteiger partial charge in [0.15, 0.2) is 0 Å². The number of rotatable bonds is 7. The molecule has 0 saturated heterocycles. The number of hydrogen-bond donors (Lipinski definition) is 3. The SMILES string of the molecule is CC(C)c1cc(C#N)cc(C(C)C)c1CC(=O)N=S(N)(=O)c1ccc(C(C)(C)O)c(CO)c1. The van der Waals surface area contributed by atoms with E-state index in [-0.39, 0.29) is 23.2 Å². The molecule has 2 aromatic rings. The third-order valence-corrected chi connectivity index (χ3v) is 6.91. The van der Waals surface area contributed by atoms with Crippen LogP contribution in [0.15, 0.2) is 39.6 Å². The van der Waals surface area contributed by atoms with Crippen LogP contribution in [0.4, 0.5) is 0 Å². The van der Waals surface area contributed by atoms with Crippen LogP contribution in [0, 0.1) is 11.3 Å². The van der Waals surface area contributed by atoms with Gasteiger partial charge in [-0.05, 0) is 77.8 Å². The molecule has 0 heterocycles. The molecular formula is C25H33N3O4S. The summed E-state index contributed by atoms with van der Waals surface area (Å²) < 4.78 is 17.0. The molecular weight excluding hydrogens is 438 g/mol. The Labute approximate surface area is 196 Å². The Morgan fingerprint density at radius 1 is 1.15 bits per heavy atom. The molecule has 0 radical (unpaired) electrons. The Balaban J connectivity index is 2.53. The predicted molar refractivity (Wildman–Crippen MR) is 129 cm³/mol. The van der Waals surface area contributed by atoms with Crippen molar-refractivity contribution in [3.63, 3.8) is 0 Å². The van der Waals surface area contributed by atoms with Crippen molar-refractivity contribution < 1.29 is 19.2 Å². The Bertz CT molecular complexity index is 1180. The fourth-order valence-corrected chi connectivity index (χ4v) is 4.93. The maximum absolute atomic E-state index is 13.2. The van der Waals surface area contributed by atoms with Gasteiger partial charge in [0, 0.05) is 0 Å². The number of aliphatic hydroxyl groups is 2. The van der Waals surface area contributed by atoms with Crippen LogP contribution in [0.1, 0.15) is 86.8 Å². The van der Waals surface area contributed by atoms with Crippen LogP contribution < -0.4 is 5.14 Å². The van der Waals surface area contributed by atoms with Gasteiger partial charge in [0.1, 0.15) is 9.92 Å². The average Bonchev–Trinajstić information content (AvgIpc) is 2.71. The maximum Gasteiger partial charge on any atom is 0.259 e. The summed E-state index contributed by atoms with van der Waals surface area (Å²) in [7, 11) is -3.57. The first-order chi connectivity index (χ1) is 15.2. The van der Waals surface area contributed by atoms with Gasteiger partial charge in [-0.2, -0.15) is 5.26 Å². The number of hydrogen-bond acceptors (Lipinski definition) is 5. The minimum absolute atomic E-state index is 0.0716. The van der Waals surface area contributed by atoms with Crippen molar-refractivity contribution in [3.05, 3.63) is 63.7 Å². The lowest BCUT2D eigenvalue weighted by molar-refractivity contribution is -0.117. The highest BCUT2D eigenvalue weighted by Crippen LogP contribution is 2.31. The molecule has 2 rings (SSSR count). The number of nitrogens with two attached hydrogens (primary N) is 1. The van der Waals surface area contributed by atoms with Crippen LogP contribution in [0.25, 0.3) is 0 Å². The zero-order chi connectivity index (χ0) is 25.1. The molecule has 0 aliphatic heterocycles. The first-order valence-corrected chi connectivity index (χ1v) is 12.4. The lowest BCUT2D eigenvalue weighted by Crippen LogP contribution is -2.20. The van der Waals surface area contributed by atoms with Crippen LogP contribution in [0.3, 0.4) is 0 Å². The van der Waals surface area contributed by atoms with E-state index in [1.165, 1.54) is 18.2 Å². The molecule has 8 heteroatoms. The summed E-state index contributed by atoms with van der Waals surface area (Å²) in [5.74, 6) is -0.488. The predicted octanol–water partition coefficient (Wildman–Crippen LogP) is 3.99. The molecule has 0 saturated carbocycles. The van der Waals surface area contributed by atoms with E-state index in [2.05, 4.69) is 10.4 Å². The highest BCUT2D eigenvalue weighted by molar-refractivity contribution is 7.91. The topological polar surface area (TPSA) is 137 Å². The first-order valence-electron chi connectivity index (χ1n) is 10.8. The van der Waals surface area contributed by atoms with Gasteiger partial charge in [0.25, 0.3) is 5.91 Å². The third kappa shape index (κ3) is 6.27. The largest absolute Gasteiger partial charge is 0.392 e. The van der Waals surface area contributed by atoms with Crippen LogP contribution in [0.5, 0.6) is 0 Å². The lowest BCUT2D eigenvalue weighted by Gasteiger charge is -2.22. The zero-order valence-corrected chi connectivity index (χ0v) is 20.9. The third-order valence-electron chi connectivity index (χ3n) is 5.50. The number of nitriles is 1. The highest BCUT2D eigenvalue weighted by atomic mass is 32.2. The summed E-state index contributed by atoms with van der Waals surface area (Å²) in [6.45, 7) is 10.7. The molecule has 178 valence electrons. The van der Waals surface area contributed by atoms with Gasteiger partial charge in [0.05, 0.1) is 35.2 Å². The van der Waals surface area contributed by atoms with E-state index in [0.29, 0.717) is 16.7 Å². The van der Waals surface area contributed by atoms with E-state index in [9.17, 15) is 24.5 Å². The van der Waals surface area contributed by atoms with Crippen molar-refractivity contribution in [1.29, 1.82) is 5.26 Å². The summed E-state index contributed by atoms with van der Waals surface area (Å²) in [5, 5.41) is 35.3. The number of nitrogens with zero attached hydrogens (tertiary/aromatic N) is 2. The Morgan fingerprint density at radius 3 is 2.12 bits per heavy atom. The number of benzene rings is 2. The maximum atomic E-state index is 13.2. The Kier molecular flexibility index (Phi) is 8.20. The second-order valence-corrected chi connectivity index (χ2v) is 11.1. The van der Waals surface area contributed by atoms with Crippen molar-refractivity contribution in [1.82, 2.24) is 0 Å². The van der Waals surface area contributed by atoms with Gasteiger partial charge in [0.2, 0.25) is 0 Å². The monoisotopic (exact) mass is 471 g/mol. The summed E-state index contributed by atoms with van der Waals surface area (Å²) >= 11 is 0. The van der Waals surface area contributed by atoms with Crippen LogP contribution in [-0.4, -0.2) is 20.3 Å². The van der Waals surface area contributed by atoms with Crippen LogP contribution in [0.2, 0.25) is 0 Å². The summed E-state index contributed by atoms with van der Waals surface area (Å²) in [6, 6.07) is 10.1. The quantitative estimate of drug-likeness (QED) is 0.561. The molecule has 0 aromatic heterocycles. The van der Waals surface area contributed by atoms with Gasteiger partial charge in [-0.15, -0.1) is 4.36 Å². The molecule has 0 aliphatic carbocycles. The number of carbonyl (C=O) groups excluding carboxylic acids is 1. The Hall–Kier alpha value is -2.57.